The molecule has 34 heavy (non-hydrogen) atoms. The van der Waals surface area contributed by atoms with Crippen molar-refractivity contribution in [2.24, 2.45) is 0 Å². The molecule has 0 unspecified atom stereocenters. The minimum Gasteiger partial charge on any atom is -0.478 e. The lowest BCUT2D eigenvalue weighted by Gasteiger charge is -2.36. The molecule has 1 saturated heterocycles. The molecule has 2 N–H and O–H groups in total. The summed E-state index contributed by atoms with van der Waals surface area (Å²) in [4.78, 5) is 22.1. The number of carbonyl (C=O) groups is 1. The number of aliphatic hydroxyl groups is 1. The molecule has 3 aromatic rings. The molecule has 0 saturated carbocycles. The van der Waals surface area contributed by atoms with E-state index in [1.807, 2.05) is 22.8 Å². The van der Waals surface area contributed by atoms with E-state index in [-0.39, 0.29) is 6.61 Å². The van der Waals surface area contributed by atoms with Crippen LogP contribution in [0.25, 0.3) is 5.65 Å². The molecule has 1 aliphatic rings. The van der Waals surface area contributed by atoms with Crippen LogP contribution in [-0.2, 0) is 17.8 Å². The second-order valence-electron chi connectivity index (χ2n) is 8.63. The zero-order valence-electron chi connectivity index (χ0n) is 19.8. The third kappa shape index (κ3) is 5.64. The van der Waals surface area contributed by atoms with Gasteiger partial charge in [-0.15, -0.1) is 0 Å². The fraction of sp³-hybridized carbons (Fsp3) is 0.520. The maximum absolute atomic E-state index is 10.4. The number of aliphatic hydroxyl groups excluding tert-OH is 1. The predicted molar refractivity (Wildman–Crippen MR) is 131 cm³/mol. The van der Waals surface area contributed by atoms with Crippen molar-refractivity contribution in [2.45, 2.75) is 64.5 Å². The van der Waals surface area contributed by atoms with Gasteiger partial charge in [-0.1, -0.05) is 13.0 Å². The van der Waals surface area contributed by atoms with Gasteiger partial charge in [0, 0.05) is 56.1 Å². The highest BCUT2D eigenvalue weighted by Crippen LogP contribution is 2.29. The van der Waals surface area contributed by atoms with Gasteiger partial charge in [0.2, 0.25) is 5.88 Å². The van der Waals surface area contributed by atoms with Crippen molar-refractivity contribution in [1.29, 1.82) is 0 Å². The van der Waals surface area contributed by atoms with E-state index in [1.165, 1.54) is 6.42 Å². The average molecular weight is 467 g/mol. The van der Waals surface area contributed by atoms with Crippen molar-refractivity contribution in [3.63, 3.8) is 0 Å². The molecule has 1 fully saturated rings. The summed E-state index contributed by atoms with van der Waals surface area (Å²) in [7, 11) is 0. The summed E-state index contributed by atoms with van der Waals surface area (Å²) in [6, 6.07) is 6.20. The van der Waals surface area contributed by atoms with Crippen molar-refractivity contribution in [3.05, 3.63) is 41.7 Å². The number of nitrogens with zero attached hydrogens (tertiary/aromatic N) is 5. The van der Waals surface area contributed by atoms with Crippen LogP contribution in [0.2, 0.25) is 0 Å². The highest BCUT2D eigenvalue weighted by atomic mass is 16.5. The number of aromatic nitrogens is 4. The second-order valence-corrected chi connectivity index (χ2v) is 8.63. The number of hydrogen-bond acceptors (Lipinski definition) is 8. The van der Waals surface area contributed by atoms with Gasteiger partial charge in [0.1, 0.15) is 17.9 Å². The molecule has 9 nitrogen and oxygen atoms in total. The molecule has 1 aliphatic heterocycles. The first-order valence-corrected chi connectivity index (χ1v) is 12.2. The Morgan fingerprint density at radius 2 is 2.21 bits per heavy atom. The van der Waals surface area contributed by atoms with Crippen LogP contribution in [0, 0.1) is 0 Å². The van der Waals surface area contributed by atoms with Crippen molar-refractivity contribution in [3.8, 4) is 5.88 Å². The fourth-order valence-corrected chi connectivity index (χ4v) is 4.41. The molecular weight excluding hydrogens is 432 g/mol. The van der Waals surface area contributed by atoms with Gasteiger partial charge in [-0.25, -0.2) is 9.97 Å². The molecule has 0 amide bonds. The highest BCUT2D eigenvalue weighted by Gasteiger charge is 2.24. The van der Waals surface area contributed by atoms with Gasteiger partial charge < -0.3 is 24.9 Å². The van der Waals surface area contributed by atoms with E-state index in [1.54, 1.807) is 6.20 Å². The third-order valence-electron chi connectivity index (χ3n) is 6.28. The molecule has 3 aromatic heterocycles. The van der Waals surface area contributed by atoms with E-state index < -0.39 is 0 Å². The molecular formula is C25H34N6O3. The third-order valence-corrected chi connectivity index (χ3v) is 6.28. The normalized spacial score (nSPS) is 16.1. The zero-order chi connectivity index (χ0) is 23.8. The number of aryl methyl sites for hydroxylation is 1. The van der Waals surface area contributed by atoms with Crippen LogP contribution in [0.15, 0.2) is 30.6 Å². The monoisotopic (exact) mass is 466 g/mol. The molecule has 182 valence electrons. The smallest absolute Gasteiger partial charge is 0.213 e. The molecule has 4 rings (SSSR count). The lowest BCUT2D eigenvalue weighted by atomic mass is 9.99. The van der Waals surface area contributed by atoms with Crippen molar-refractivity contribution < 1.29 is 14.6 Å². The lowest BCUT2D eigenvalue weighted by molar-refractivity contribution is -0.108. The summed E-state index contributed by atoms with van der Waals surface area (Å²) in [5.41, 5.74) is 3.00. The largest absolute Gasteiger partial charge is 0.478 e. The molecule has 0 bridgehead atoms. The molecule has 9 heteroatoms. The van der Waals surface area contributed by atoms with Gasteiger partial charge in [0.25, 0.3) is 0 Å². The van der Waals surface area contributed by atoms with Crippen LogP contribution >= 0.6 is 0 Å². The number of ether oxygens (including phenoxy) is 1. The van der Waals surface area contributed by atoms with E-state index in [4.69, 9.17) is 9.72 Å². The first-order valence-electron chi connectivity index (χ1n) is 12.2. The quantitative estimate of drug-likeness (QED) is 0.309. The Bertz CT molecular complexity index is 1070. The van der Waals surface area contributed by atoms with Crippen LogP contribution < -0.4 is 15.0 Å². The van der Waals surface area contributed by atoms with Gasteiger partial charge >= 0.3 is 0 Å². The number of pyridine rings is 1. The van der Waals surface area contributed by atoms with Gasteiger partial charge in [0.15, 0.2) is 5.65 Å². The first-order chi connectivity index (χ1) is 16.7. The minimum absolute atomic E-state index is 0.186. The number of anilines is 2. The SMILES string of the molecule is CCc1cnn2c(NCc3ccc(OCCCC=O)nc3)cc(N3CCCC[C@H]3CCO)nc12. The Kier molecular flexibility index (Phi) is 8.30. The topological polar surface area (TPSA) is 105 Å². The number of unbranched alkanes of at least 4 members (excludes halogenated alkanes) is 1. The molecule has 4 heterocycles. The average Bonchev–Trinajstić information content (AvgIpc) is 3.30. The minimum atomic E-state index is 0.186. The number of aldehydes is 1. The van der Waals surface area contributed by atoms with Crippen LogP contribution in [0.4, 0.5) is 11.6 Å². The number of fused-ring (bicyclic) bond motifs is 1. The first kappa shape index (κ1) is 23.9. The molecule has 0 aliphatic carbocycles. The summed E-state index contributed by atoms with van der Waals surface area (Å²) in [5.74, 6) is 2.37. The van der Waals surface area contributed by atoms with Gasteiger partial charge in [-0.2, -0.15) is 9.61 Å². The Hall–Kier alpha value is -3.20. The maximum Gasteiger partial charge on any atom is 0.213 e. The highest BCUT2D eigenvalue weighted by molar-refractivity contribution is 5.61. The van der Waals surface area contributed by atoms with E-state index in [2.05, 4.69) is 33.3 Å². The van der Waals surface area contributed by atoms with E-state index in [9.17, 15) is 9.90 Å². The molecule has 1 atom stereocenters. The summed E-state index contributed by atoms with van der Waals surface area (Å²) in [6.07, 6.45) is 10.8. The summed E-state index contributed by atoms with van der Waals surface area (Å²) in [5, 5.41) is 17.6. The van der Waals surface area contributed by atoms with E-state index >= 15 is 0 Å². The van der Waals surface area contributed by atoms with Crippen molar-refractivity contribution >= 4 is 23.6 Å². The Balaban J connectivity index is 1.52. The van der Waals surface area contributed by atoms with E-state index in [0.29, 0.717) is 37.9 Å². The van der Waals surface area contributed by atoms with E-state index in [0.717, 1.165) is 66.9 Å². The second kappa shape index (κ2) is 11.8. The zero-order valence-corrected chi connectivity index (χ0v) is 19.8. The van der Waals surface area contributed by atoms with Crippen LogP contribution in [0.3, 0.4) is 0 Å². The summed E-state index contributed by atoms with van der Waals surface area (Å²) < 4.78 is 7.44. The van der Waals surface area contributed by atoms with Crippen LogP contribution in [0.1, 0.15) is 56.6 Å². The number of hydrogen-bond donors (Lipinski definition) is 2. The van der Waals surface area contributed by atoms with Crippen LogP contribution in [0.5, 0.6) is 5.88 Å². The Morgan fingerprint density at radius 3 is 2.97 bits per heavy atom. The number of rotatable bonds is 12. The molecule has 0 aromatic carbocycles. The fourth-order valence-electron chi connectivity index (χ4n) is 4.41. The maximum atomic E-state index is 10.4. The summed E-state index contributed by atoms with van der Waals surface area (Å²) in [6.45, 7) is 4.31. The Labute approximate surface area is 200 Å². The molecule has 0 spiro atoms. The molecule has 0 radical (unpaired) electrons. The number of piperidine rings is 1. The van der Waals surface area contributed by atoms with Gasteiger partial charge in [-0.05, 0) is 44.1 Å². The van der Waals surface area contributed by atoms with Gasteiger partial charge in [-0.3, -0.25) is 0 Å². The van der Waals surface area contributed by atoms with Crippen molar-refractivity contribution in [2.75, 3.05) is 30.0 Å². The number of carbonyl (C=O) groups excluding carboxylic acids is 1. The van der Waals surface area contributed by atoms with Crippen LogP contribution in [-0.4, -0.2) is 56.8 Å². The standard InChI is InChI=1S/C25H34N6O3/c1-2-20-18-28-31-22(26-16-19-8-9-24(27-17-19)34-14-6-5-12-32)15-23(29-25(20)31)30-11-4-3-7-21(30)10-13-33/h8-9,12,15,17-18,21,26,33H,2-7,10-11,13-14,16H2,1H3/t21-/m0/s1. The van der Waals surface area contributed by atoms with Gasteiger partial charge in [0.05, 0.1) is 12.8 Å². The number of nitrogens with one attached hydrogen (secondary N) is 1. The van der Waals surface area contributed by atoms with Crippen molar-refractivity contribution in [1.82, 2.24) is 19.6 Å². The predicted octanol–water partition coefficient (Wildman–Crippen LogP) is 3.40. The lowest BCUT2D eigenvalue weighted by Crippen LogP contribution is -2.40. The summed E-state index contributed by atoms with van der Waals surface area (Å²) >= 11 is 0. The Morgan fingerprint density at radius 1 is 1.29 bits per heavy atom.